The van der Waals surface area contributed by atoms with E-state index < -0.39 is 59.4 Å². The average Bonchev–Trinajstić information content (AvgIpc) is 2.68. The molecule has 0 radical (unpaired) electrons. The number of carbonyl (C=O) groups excluding carboxylic acids is 2. The van der Waals surface area contributed by atoms with E-state index in [1.165, 1.54) is 12.1 Å². The molecule has 1 atom stereocenters. The molecule has 0 fully saturated rings. The van der Waals surface area contributed by atoms with Gasteiger partial charge in [-0.15, -0.1) is 0 Å². The van der Waals surface area contributed by atoms with Gasteiger partial charge in [-0.25, -0.2) is 26.3 Å². The summed E-state index contributed by atoms with van der Waals surface area (Å²) < 4.78 is 80.7. The summed E-state index contributed by atoms with van der Waals surface area (Å²) in [5.74, 6) is -9.62. The van der Waals surface area contributed by atoms with Gasteiger partial charge in [-0.3, -0.25) is 9.59 Å². The second kappa shape index (κ2) is 9.04. The molecule has 0 bridgehead atoms. The van der Waals surface area contributed by atoms with Gasteiger partial charge in [-0.05, 0) is 55.2 Å². The molecule has 2 aliphatic rings. The van der Waals surface area contributed by atoms with Crippen molar-refractivity contribution in [3.8, 4) is 0 Å². The minimum Gasteiger partial charge on any atom is -0.299 e. The lowest BCUT2D eigenvalue weighted by molar-refractivity contribution is -0.131. The van der Waals surface area contributed by atoms with Crippen molar-refractivity contribution in [2.24, 2.45) is 5.92 Å². The second-order valence-corrected chi connectivity index (χ2v) is 9.17. The number of fused-ring (bicyclic) bond motifs is 2. The molecule has 0 N–H and O–H groups in total. The molecule has 2 aromatic rings. The van der Waals surface area contributed by atoms with Crippen LogP contribution in [0.2, 0.25) is 0 Å². The maximum absolute atomic E-state index is 13.7. The number of ketones is 2. The van der Waals surface area contributed by atoms with E-state index in [-0.39, 0.29) is 28.2 Å². The molecule has 34 heavy (non-hydrogen) atoms. The van der Waals surface area contributed by atoms with Gasteiger partial charge in [0.05, 0.1) is 12.8 Å². The zero-order chi connectivity index (χ0) is 25.6. The van der Waals surface area contributed by atoms with Crippen LogP contribution in [-0.2, 0) is 21.4 Å². The van der Waals surface area contributed by atoms with E-state index in [1.807, 2.05) is 0 Å². The number of rotatable bonds is 1. The molecule has 0 spiro atoms. The van der Waals surface area contributed by atoms with Crippen molar-refractivity contribution in [2.45, 2.75) is 58.3 Å². The van der Waals surface area contributed by atoms with Crippen molar-refractivity contribution in [2.75, 3.05) is 0 Å². The van der Waals surface area contributed by atoms with Gasteiger partial charge < -0.3 is 0 Å². The molecule has 0 aliphatic heterocycles. The molecule has 8 heteroatoms. The first kappa shape index (κ1) is 25.7. The monoisotopic (exact) mass is 482 g/mol. The Morgan fingerprint density at radius 3 is 1.94 bits per heavy atom. The molecule has 2 nitrogen and oxygen atoms in total. The van der Waals surface area contributed by atoms with Gasteiger partial charge in [0.25, 0.3) is 11.8 Å². The van der Waals surface area contributed by atoms with E-state index in [1.54, 1.807) is 27.7 Å². The molecule has 0 saturated carbocycles. The van der Waals surface area contributed by atoms with Gasteiger partial charge in [-0.1, -0.05) is 31.6 Å². The summed E-state index contributed by atoms with van der Waals surface area (Å²) >= 11 is 0. The highest BCUT2D eigenvalue weighted by Crippen LogP contribution is 2.46. The third-order valence-corrected chi connectivity index (χ3v) is 5.96. The quantitative estimate of drug-likeness (QED) is 0.315. The summed E-state index contributed by atoms with van der Waals surface area (Å²) in [5.41, 5.74) is 0.628. The number of hydrogen-bond donors (Lipinski definition) is 0. The van der Waals surface area contributed by atoms with Gasteiger partial charge in [0, 0.05) is 22.6 Å². The Balaban J connectivity index is 0.000000191. The smallest absolute Gasteiger partial charge is 0.281 e. The van der Waals surface area contributed by atoms with Crippen LogP contribution in [0.3, 0.4) is 0 Å². The molecule has 0 heterocycles. The molecule has 0 saturated heterocycles. The van der Waals surface area contributed by atoms with Crippen LogP contribution in [0.5, 0.6) is 0 Å². The second-order valence-electron chi connectivity index (χ2n) is 9.17. The number of allylic oxidation sites excluding steroid dienone is 2. The van der Waals surface area contributed by atoms with Crippen LogP contribution in [0.4, 0.5) is 26.3 Å². The zero-order valence-electron chi connectivity index (χ0n) is 19.1. The van der Waals surface area contributed by atoms with Gasteiger partial charge >= 0.3 is 0 Å². The van der Waals surface area contributed by atoms with E-state index in [0.29, 0.717) is 5.57 Å². The summed E-state index contributed by atoms with van der Waals surface area (Å²) in [4.78, 5) is 23.4. The highest BCUT2D eigenvalue weighted by Gasteiger charge is 2.46. The standard InChI is InChI=1S/C13H13F3O.C13H11F3O/c2*1-7(2)12-9-4-3-8(14)5-10(9)13(15,16)6-11(12)17/h3-5,7,12H,6H2,1-2H3;3-5H,6H2,1-2H3/t12-;/m0./s1. The predicted octanol–water partition coefficient (Wildman–Crippen LogP) is 7.31. The predicted molar refractivity (Wildman–Crippen MR) is 116 cm³/mol. The Morgan fingerprint density at radius 2 is 1.38 bits per heavy atom. The minimum absolute atomic E-state index is 0.0668. The Morgan fingerprint density at radius 1 is 0.853 bits per heavy atom. The fraction of sp³-hybridized carbons (Fsp3) is 0.385. The number of hydrogen-bond acceptors (Lipinski definition) is 2. The number of benzene rings is 2. The van der Waals surface area contributed by atoms with E-state index in [0.717, 1.165) is 24.3 Å². The fourth-order valence-electron chi connectivity index (χ4n) is 4.57. The van der Waals surface area contributed by atoms with Crippen LogP contribution < -0.4 is 0 Å². The fourth-order valence-corrected chi connectivity index (χ4v) is 4.57. The number of halogens is 6. The third kappa shape index (κ3) is 4.81. The van der Waals surface area contributed by atoms with E-state index in [9.17, 15) is 35.9 Å². The highest BCUT2D eigenvalue weighted by atomic mass is 19.3. The SMILES string of the molecule is CC(C)=C1C(=O)CC(F)(F)c2cc(F)ccc21.CC(C)[C@@H]1C(=O)CC(F)(F)c2cc(F)ccc21. The van der Waals surface area contributed by atoms with E-state index in [2.05, 4.69) is 0 Å². The lowest BCUT2D eigenvalue weighted by Crippen LogP contribution is -2.33. The Hall–Kier alpha value is -2.90. The summed E-state index contributed by atoms with van der Waals surface area (Å²) in [6, 6.07) is 6.43. The molecular weight excluding hydrogens is 458 g/mol. The summed E-state index contributed by atoms with van der Waals surface area (Å²) in [7, 11) is 0. The van der Waals surface area contributed by atoms with E-state index in [4.69, 9.17) is 0 Å². The largest absolute Gasteiger partial charge is 0.299 e. The normalized spacial score (nSPS) is 20.3. The first-order valence-corrected chi connectivity index (χ1v) is 10.7. The van der Waals surface area contributed by atoms with Crippen molar-refractivity contribution < 1.29 is 35.9 Å². The molecule has 2 aliphatic carbocycles. The third-order valence-electron chi connectivity index (χ3n) is 5.96. The van der Waals surface area contributed by atoms with Crippen LogP contribution in [0.1, 0.15) is 68.7 Å². The molecule has 182 valence electrons. The number of carbonyl (C=O) groups is 2. The maximum atomic E-state index is 13.7. The lowest BCUT2D eigenvalue weighted by Gasteiger charge is -2.32. The molecular formula is C26H24F6O2. The lowest BCUT2D eigenvalue weighted by atomic mass is 9.74. The van der Waals surface area contributed by atoms with Gasteiger partial charge in [0.2, 0.25) is 0 Å². The Bertz CT molecular complexity index is 1180. The summed E-state index contributed by atoms with van der Waals surface area (Å²) in [5, 5.41) is 0. The van der Waals surface area contributed by atoms with Crippen molar-refractivity contribution >= 4 is 17.1 Å². The highest BCUT2D eigenvalue weighted by molar-refractivity contribution is 6.23. The Kier molecular flexibility index (Phi) is 6.84. The van der Waals surface area contributed by atoms with Crippen LogP contribution in [0, 0.1) is 17.6 Å². The maximum Gasteiger partial charge on any atom is 0.281 e. The van der Waals surface area contributed by atoms with Crippen LogP contribution in [-0.4, -0.2) is 11.6 Å². The first-order chi connectivity index (χ1) is 15.7. The van der Waals surface area contributed by atoms with Gasteiger partial charge in [0.1, 0.15) is 17.4 Å². The molecule has 2 aromatic carbocycles. The summed E-state index contributed by atoms with van der Waals surface area (Å²) in [6.07, 6.45) is -1.71. The first-order valence-electron chi connectivity index (χ1n) is 10.7. The average molecular weight is 482 g/mol. The summed E-state index contributed by atoms with van der Waals surface area (Å²) in [6.45, 7) is 6.98. The number of Topliss-reactive ketones (excluding diaryl/α,β-unsaturated/α-hetero) is 2. The van der Waals surface area contributed by atoms with Crippen molar-refractivity contribution in [3.63, 3.8) is 0 Å². The van der Waals surface area contributed by atoms with E-state index >= 15 is 0 Å². The molecule has 0 amide bonds. The van der Waals surface area contributed by atoms with Crippen molar-refractivity contribution in [1.29, 1.82) is 0 Å². The Labute approximate surface area is 193 Å². The van der Waals surface area contributed by atoms with Crippen LogP contribution >= 0.6 is 0 Å². The van der Waals surface area contributed by atoms with Crippen molar-refractivity contribution in [1.82, 2.24) is 0 Å². The molecule has 4 rings (SSSR count). The van der Waals surface area contributed by atoms with Crippen LogP contribution in [0.25, 0.3) is 5.57 Å². The van der Waals surface area contributed by atoms with Gasteiger partial charge in [-0.2, -0.15) is 0 Å². The molecule has 0 unspecified atom stereocenters. The van der Waals surface area contributed by atoms with Crippen LogP contribution in [0.15, 0.2) is 42.0 Å². The van der Waals surface area contributed by atoms with Gasteiger partial charge in [0.15, 0.2) is 5.78 Å². The zero-order valence-corrected chi connectivity index (χ0v) is 19.1. The topological polar surface area (TPSA) is 34.1 Å². The molecule has 0 aromatic heterocycles. The number of alkyl halides is 4. The minimum atomic E-state index is -3.28. The van der Waals surface area contributed by atoms with Crippen molar-refractivity contribution in [3.05, 3.63) is 75.9 Å².